The first-order valence-corrected chi connectivity index (χ1v) is 12.8. The monoisotopic (exact) mass is 545 g/mol. The molecule has 9 nitrogen and oxygen atoms in total. The van der Waals surface area contributed by atoms with Crippen LogP contribution in [0, 0.1) is 5.82 Å². The highest BCUT2D eigenvalue weighted by Gasteiger charge is 2.35. The molecule has 35 heavy (non-hydrogen) atoms. The second-order valence-electron chi connectivity index (χ2n) is 7.57. The maximum absolute atomic E-state index is 13.4. The molecule has 0 fully saturated rings. The highest BCUT2D eigenvalue weighted by Crippen LogP contribution is 2.37. The molecular formula is C22H22Cl2FN3O6S. The fraction of sp³-hybridized carbons (Fsp3) is 0.273. The Balaban J connectivity index is 1.47. The minimum atomic E-state index is -3.69. The molecule has 0 saturated carbocycles. The molecule has 0 spiro atoms. The number of sulfonamides is 1. The second kappa shape index (κ2) is 11.1. The number of nitrogens with one attached hydrogen (secondary N) is 2. The van der Waals surface area contributed by atoms with E-state index in [1.165, 1.54) is 30.3 Å². The lowest BCUT2D eigenvalue weighted by atomic mass is 10.2. The van der Waals surface area contributed by atoms with Crippen LogP contribution in [0.5, 0.6) is 11.5 Å². The molecule has 188 valence electrons. The number of rotatable bonds is 9. The minimum absolute atomic E-state index is 0.0616. The summed E-state index contributed by atoms with van der Waals surface area (Å²) in [6.07, 6.45) is 0.133. The van der Waals surface area contributed by atoms with E-state index >= 15 is 0 Å². The van der Waals surface area contributed by atoms with E-state index in [1.54, 1.807) is 0 Å². The number of carbonyl (C=O) groups is 2. The first kappa shape index (κ1) is 26.6. The largest absolute Gasteiger partial charge is 0.484 e. The molecule has 1 heterocycles. The zero-order chi connectivity index (χ0) is 25.8. The van der Waals surface area contributed by atoms with Crippen LogP contribution in [-0.2, 0) is 19.6 Å². The lowest BCUT2D eigenvalue weighted by Gasteiger charge is -2.34. The van der Waals surface area contributed by atoms with Gasteiger partial charge in [-0.05, 0) is 30.3 Å². The summed E-state index contributed by atoms with van der Waals surface area (Å²) in [7, 11) is -3.69. The van der Waals surface area contributed by atoms with Gasteiger partial charge in [0, 0.05) is 29.8 Å². The van der Waals surface area contributed by atoms with Crippen molar-refractivity contribution in [1.82, 2.24) is 10.6 Å². The fourth-order valence-corrected chi connectivity index (χ4v) is 4.33. The topological polar surface area (TPSA) is 114 Å². The molecule has 3 rings (SSSR count). The summed E-state index contributed by atoms with van der Waals surface area (Å²) in [5.41, 5.74) is 0.562. The van der Waals surface area contributed by atoms with Crippen molar-refractivity contribution in [3.8, 4) is 11.5 Å². The molecule has 2 aromatic rings. The lowest BCUT2D eigenvalue weighted by molar-refractivity contribution is -0.127. The minimum Gasteiger partial charge on any atom is -0.484 e. The summed E-state index contributed by atoms with van der Waals surface area (Å²) in [5.74, 6) is -1.38. The van der Waals surface area contributed by atoms with E-state index in [1.807, 2.05) is 0 Å². The highest BCUT2D eigenvalue weighted by molar-refractivity contribution is 7.92. The van der Waals surface area contributed by atoms with Gasteiger partial charge in [-0.3, -0.25) is 13.9 Å². The summed E-state index contributed by atoms with van der Waals surface area (Å²) in [5, 5.41) is 5.41. The van der Waals surface area contributed by atoms with Gasteiger partial charge >= 0.3 is 0 Å². The zero-order valence-electron chi connectivity index (χ0n) is 18.5. The molecule has 2 aromatic carbocycles. The van der Waals surface area contributed by atoms with E-state index < -0.39 is 33.8 Å². The second-order valence-corrected chi connectivity index (χ2v) is 10.3. The Bertz CT molecular complexity index is 1260. The SMILES string of the molecule is C=C(CCNC(=O)C1CN(S(C)(=O)=O)c2cc(Cl)ccc2O1)NC(=O)COc1ccc(Cl)c(F)c1. The van der Waals surface area contributed by atoms with Gasteiger partial charge in [-0.2, -0.15) is 0 Å². The third-order valence-corrected chi connectivity index (χ3v) is 6.47. The molecule has 1 aliphatic rings. The van der Waals surface area contributed by atoms with Crippen LogP contribution in [0.15, 0.2) is 48.7 Å². The van der Waals surface area contributed by atoms with E-state index in [-0.39, 0.29) is 48.3 Å². The van der Waals surface area contributed by atoms with Crippen LogP contribution >= 0.6 is 23.2 Å². The Morgan fingerprint density at radius 2 is 2.00 bits per heavy atom. The zero-order valence-corrected chi connectivity index (χ0v) is 20.8. The predicted molar refractivity (Wildman–Crippen MR) is 130 cm³/mol. The van der Waals surface area contributed by atoms with Gasteiger partial charge in [-0.25, -0.2) is 12.8 Å². The van der Waals surface area contributed by atoms with Gasteiger partial charge < -0.3 is 20.1 Å². The van der Waals surface area contributed by atoms with E-state index in [2.05, 4.69) is 17.2 Å². The number of ether oxygens (including phenoxy) is 2. The molecule has 2 amide bonds. The number of amides is 2. The van der Waals surface area contributed by atoms with Crippen molar-refractivity contribution in [2.45, 2.75) is 12.5 Å². The van der Waals surface area contributed by atoms with Crippen molar-refractivity contribution in [3.63, 3.8) is 0 Å². The van der Waals surface area contributed by atoms with Gasteiger partial charge in [0.2, 0.25) is 10.0 Å². The molecule has 0 bridgehead atoms. The summed E-state index contributed by atoms with van der Waals surface area (Å²) in [4.78, 5) is 24.6. The standard InChI is InChI=1S/C22H22Cl2FN3O6S/c1-13(27-21(29)12-33-15-4-5-16(24)17(25)10-15)7-8-26-22(30)20-11-28(35(2,31)32)18-9-14(23)3-6-19(18)34-20/h3-6,9-10,20H,1,7-8,11-12H2,2H3,(H,26,30)(H,27,29). The van der Waals surface area contributed by atoms with Crippen LogP contribution in [0.2, 0.25) is 10.0 Å². The van der Waals surface area contributed by atoms with Crippen LogP contribution < -0.4 is 24.4 Å². The van der Waals surface area contributed by atoms with Crippen molar-refractivity contribution >= 4 is 50.7 Å². The highest BCUT2D eigenvalue weighted by atomic mass is 35.5. The molecule has 13 heteroatoms. The van der Waals surface area contributed by atoms with Crippen molar-refractivity contribution in [1.29, 1.82) is 0 Å². The maximum atomic E-state index is 13.4. The van der Waals surface area contributed by atoms with Gasteiger partial charge in [0.05, 0.1) is 23.5 Å². The number of hydrogen-bond acceptors (Lipinski definition) is 6. The quantitative estimate of drug-likeness (QED) is 0.500. The van der Waals surface area contributed by atoms with Crippen molar-refractivity contribution in [2.75, 3.05) is 30.3 Å². The molecule has 0 aliphatic carbocycles. The predicted octanol–water partition coefficient (Wildman–Crippen LogP) is 2.87. The Morgan fingerprint density at radius 1 is 1.26 bits per heavy atom. The average molecular weight is 546 g/mol. The van der Waals surface area contributed by atoms with E-state index in [9.17, 15) is 22.4 Å². The fourth-order valence-electron chi connectivity index (χ4n) is 3.14. The summed E-state index contributed by atoms with van der Waals surface area (Å²) < 4.78 is 49.8. The third kappa shape index (κ3) is 7.23. The molecule has 0 aromatic heterocycles. The van der Waals surface area contributed by atoms with Crippen LogP contribution in [0.4, 0.5) is 10.1 Å². The average Bonchev–Trinajstić information content (AvgIpc) is 2.78. The third-order valence-electron chi connectivity index (χ3n) is 4.79. The Kier molecular flexibility index (Phi) is 8.47. The Hall–Kier alpha value is -3.02. The first-order chi connectivity index (χ1) is 16.4. The Morgan fingerprint density at radius 3 is 2.69 bits per heavy atom. The van der Waals surface area contributed by atoms with Crippen LogP contribution in [0.3, 0.4) is 0 Å². The summed E-state index contributed by atoms with van der Waals surface area (Å²) in [6, 6.07) is 8.27. The number of halogens is 3. The van der Waals surface area contributed by atoms with Gasteiger partial charge in [0.1, 0.15) is 17.3 Å². The number of nitrogens with zero attached hydrogens (tertiary/aromatic N) is 1. The van der Waals surface area contributed by atoms with Crippen molar-refractivity contribution in [2.24, 2.45) is 0 Å². The number of benzene rings is 2. The van der Waals surface area contributed by atoms with E-state index in [0.29, 0.717) is 10.7 Å². The number of anilines is 1. The maximum Gasteiger partial charge on any atom is 0.263 e. The van der Waals surface area contributed by atoms with Crippen molar-refractivity contribution in [3.05, 3.63) is 64.5 Å². The number of carbonyl (C=O) groups excluding carboxylic acids is 2. The molecule has 1 atom stereocenters. The van der Waals surface area contributed by atoms with E-state index in [0.717, 1.165) is 16.6 Å². The molecule has 1 aliphatic heterocycles. The number of fused-ring (bicyclic) bond motifs is 1. The molecule has 0 saturated heterocycles. The normalized spacial score (nSPS) is 15.0. The van der Waals surface area contributed by atoms with Crippen LogP contribution in [0.1, 0.15) is 6.42 Å². The lowest BCUT2D eigenvalue weighted by Crippen LogP contribution is -2.50. The van der Waals surface area contributed by atoms with Gasteiger partial charge in [0.15, 0.2) is 12.7 Å². The van der Waals surface area contributed by atoms with E-state index in [4.69, 9.17) is 32.7 Å². The first-order valence-electron chi connectivity index (χ1n) is 10.2. The Labute approximate surface area is 211 Å². The molecular weight excluding hydrogens is 524 g/mol. The summed E-state index contributed by atoms with van der Waals surface area (Å²) in [6.45, 7) is 3.22. The van der Waals surface area contributed by atoms with Gasteiger partial charge in [-0.15, -0.1) is 0 Å². The molecule has 2 N–H and O–H groups in total. The van der Waals surface area contributed by atoms with Crippen molar-refractivity contribution < 1.29 is 31.9 Å². The van der Waals surface area contributed by atoms with Crippen LogP contribution in [-0.4, -0.2) is 52.3 Å². The van der Waals surface area contributed by atoms with Gasteiger partial charge in [0.25, 0.3) is 11.8 Å². The molecule has 0 radical (unpaired) electrons. The smallest absolute Gasteiger partial charge is 0.263 e. The van der Waals surface area contributed by atoms with Gasteiger partial charge in [-0.1, -0.05) is 29.8 Å². The van der Waals surface area contributed by atoms with Crippen LogP contribution in [0.25, 0.3) is 0 Å². The summed E-state index contributed by atoms with van der Waals surface area (Å²) >= 11 is 11.6. The molecule has 1 unspecified atom stereocenters. The number of hydrogen-bond donors (Lipinski definition) is 2.